The van der Waals surface area contributed by atoms with E-state index < -0.39 is 0 Å². The second-order valence-electron chi connectivity index (χ2n) is 6.81. The van der Waals surface area contributed by atoms with Gasteiger partial charge in [0.1, 0.15) is 0 Å². The molecule has 3 rings (SSSR count). The lowest BCUT2D eigenvalue weighted by atomic mass is 10.1. The van der Waals surface area contributed by atoms with E-state index in [9.17, 15) is 9.59 Å². The van der Waals surface area contributed by atoms with Crippen LogP contribution < -0.4 is 0 Å². The van der Waals surface area contributed by atoms with Crippen molar-refractivity contribution < 1.29 is 9.59 Å². The molecule has 1 aromatic carbocycles. The maximum atomic E-state index is 12.4. The number of benzene rings is 1. The summed E-state index contributed by atoms with van der Waals surface area (Å²) in [7, 11) is 0. The van der Waals surface area contributed by atoms with Crippen molar-refractivity contribution in [2.75, 3.05) is 6.54 Å². The highest BCUT2D eigenvalue weighted by molar-refractivity contribution is 6.02. The molecule has 0 spiro atoms. The number of nitrogens with zero attached hydrogens (tertiary/aromatic N) is 3. The molecule has 0 aromatic heterocycles. The molecule has 5 nitrogen and oxygen atoms in total. The van der Waals surface area contributed by atoms with Crippen LogP contribution in [0.1, 0.15) is 51.5 Å². The highest BCUT2D eigenvalue weighted by Gasteiger charge is 2.34. The fraction of sp³-hybridized carbons (Fsp3) is 0.526. The number of rotatable bonds is 6. The van der Waals surface area contributed by atoms with Crippen LogP contribution in [0.3, 0.4) is 0 Å². The Hall–Kier alpha value is -2.17. The summed E-state index contributed by atoms with van der Waals surface area (Å²) >= 11 is 0. The molecule has 2 amide bonds. The van der Waals surface area contributed by atoms with Crippen LogP contribution in [0, 0.1) is 0 Å². The zero-order valence-corrected chi connectivity index (χ0v) is 14.4. The van der Waals surface area contributed by atoms with Crippen molar-refractivity contribution in [2.45, 2.75) is 58.0 Å². The average Bonchev–Trinajstić information content (AvgIpc) is 3.27. The van der Waals surface area contributed by atoms with Crippen LogP contribution in [-0.2, 0) is 9.59 Å². The van der Waals surface area contributed by atoms with Crippen molar-refractivity contribution in [3.63, 3.8) is 0 Å². The van der Waals surface area contributed by atoms with Gasteiger partial charge in [0.25, 0.3) is 0 Å². The van der Waals surface area contributed by atoms with Crippen LogP contribution in [0.15, 0.2) is 35.4 Å². The van der Waals surface area contributed by atoms with Gasteiger partial charge in [0.05, 0.1) is 12.3 Å². The van der Waals surface area contributed by atoms with Crippen molar-refractivity contribution in [2.24, 2.45) is 5.10 Å². The maximum absolute atomic E-state index is 12.4. The molecular weight excluding hydrogens is 302 g/mol. The summed E-state index contributed by atoms with van der Waals surface area (Å²) < 4.78 is 0. The molecule has 0 atom stereocenters. The summed E-state index contributed by atoms with van der Waals surface area (Å²) in [6, 6.07) is 10.5. The van der Waals surface area contributed by atoms with E-state index in [1.807, 2.05) is 49.1 Å². The first kappa shape index (κ1) is 16.7. The van der Waals surface area contributed by atoms with E-state index in [-0.39, 0.29) is 30.7 Å². The SMILES string of the molecule is CC(C)N(C(=O)CCC(=O)N1CCC(c2ccccc2)=N1)C1CC1. The Morgan fingerprint density at radius 2 is 1.92 bits per heavy atom. The van der Waals surface area contributed by atoms with Gasteiger partial charge in [-0.3, -0.25) is 9.59 Å². The first-order valence-corrected chi connectivity index (χ1v) is 8.80. The lowest BCUT2D eigenvalue weighted by Crippen LogP contribution is -2.39. The Labute approximate surface area is 143 Å². The van der Waals surface area contributed by atoms with E-state index in [2.05, 4.69) is 5.10 Å². The van der Waals surface area contributed by atoms with E-state index in [0.717, 1.165) is 30.5 Å². The van der Waals surface area contributed by atoms with Gasteiger partial charge >= 0.3 is 0 Å². The maximum Gasteiger partial charge on any atom is 0.243 e. The summed E-state index contributed by atoms with van der Waals surface area (Å²) in [6.45, 7) is 4.68. The van der Waals surface area contributed by atoms with Gasteiger partial charge in [0, 0.05) is 31.3 Å². The van der Waals surface area contributed by atoms with Crippen LogP contribution in [0.5, 0.6) is 0 Å². The fourth-order valence-electron chi connectivity index (χ4n) is 3.21. The van der Waals surface area contributed by atoms with Gasteiger partial charge in [-0.1, -0.05) is 30.3 Å². The Kier molecular flexibility index (Phi) is 4.97. The number of carbonyl (C=O) groups is 2. The summed E-state index contributed by atoms with van der Waals surface area (Å²) in [4.78, 5) is 26.7. The predicted molar refractivity (Wildman–Crippen MR) is 93.5 cm³/mol. The number of carbonyl (C=O) groups excluding carboxylic acids is 2. The predicted octanol–water partition coefficient (Wildman–Crippen LogP) is 2.80. The van der Waals surface area contributed by atoms with Crippen LogP contribution in [0.4, 0.5) is 0 Å². The molecule has 1 aliphatic carbocycles. The number of hydrogen-bond donors (Lipinski definition) is 0. The molecule has 2 aliphatic rings. The topological polar surface area (TPSA) is 53.0 Å². The molecule has 1 fully saturated rings. The fourth-order valence-corrected chi connectivity index (χ4v) is 3.21. The lowest BCUT2D eigenvalue weighted by molar-refractivity contribution is -0.138. The zero-order valence-electron chi connectivity index (χ0n) is 14.4. The third kappa shape index (κ3) is 3.83. The highest BCUT2D eigenvalue weighted by atomic mass is 16.2. The number of amides is 2. The Morgan fingerprint density at radius 1 is 1.21 bits per heavy atom. The first-order chi connectivity index (χ1) is 11.6. The summed E-state index contributed by atoms with van der Waals surface area (Å²) in [6.07, 6.45) is 3.47. The third-order valence-corrected chi connectivity index (χ3v) is 4.53. The molecule has 1 aliphatic heterocycles. The van der Waals surface area contributed by atoms with Crippen molar-refractivity contribution in [3.8, 4) is 0 Å². The largest absolute Gasteiger partial charge is 0.337 e. The van der Waals surface area contributed by atoms with E-state index in [4.69, 9.17) is 0 Å². The van der Waals surface area contributed by atoms with E-state index in [1.165, 1.54) is 5.01 Å². The molecule has 1 heterocycles. The monoisotopic (exact) mass is 327 g/mol. The van der Waals surface area contributed by atoms with Crippen molar-refractivity contribution in [1.29, 1.82) is 0 Å². The van der Waals surface area contributed by atoms with Gasteiger partial charge in [-0.15, -0.1) is 0 Å². The summed E-state index contributed by atoms with van der Waals surface area (Å²) in [5, 5.41) is 5.96. The minimum absolute atomic E-state index is 0.0613. The highest BCUT2D eigenvalue weighted by Crippen LogP contribution is 2.29. The van der Waals surface area contributed by atoms with Gasteiger partial charge in [-0.05, 0) is 32.3 Å². The van der Waals surface area contributed by atoms with E-state index in [0.29, 0.717) is 12.6 Å². The molecule has 24 heavy (non-hydrogen) atoms. The standard InChI is InChI=1S/C19H25N3O2/c1-14(2)22(16-8-9-16)19(24)11-10-18(23)21-13-12-17(20-21)15-6-4-3-5-7-15/h3-7,14,16H,8-13H2,1-2H3. The smallest absolute Gasteiger partial charge is 0.243 e. The molecule has 1 saturated carbocycles. The van der Waals surface area contributed by atoms with Crippen molar-refractivity contribution in [1.82, 2.24) is 9.91 Å². The van der Waals surface area contributed by atoms with E-state index in [1.54, 1.807) is 0 Å². The third-order valence-electron chi connectivity index (χ3n) is 4.53. The zero-order chi connectivity index (χ0) is 17.1. The molecule has 128 valence electrons. The molecular formula is C19H25N3O2. The van der Waals surface area contributed by atoms with Gasteiger partial charge < -0.3 is 4.90 Å². The van der Waals surface area contributed by atoms with Crippen LogP contribution in [0.25, 0.3) is 0 Å². The molecule has 0 N–H and O–H groups in total. The summed E-state index contributed by atoms with van der Waals surface area (Å²) in [5.41, 5.74) is 2.00. The molecule has 0 radical (unpaired) electrons. The second-order valence-corrected chi connectivity index (χ2v) is 6.81. The Morgan fingerprint density at radius 3 is 2.54 bits per heavy atom. The molecule has 0 saturated heterocycles. The lowest BCUT2D eigenvalue weighted by Gasteiger charge is -2.26. The van der Waals surface area contributed by atoms with Crippen molar-refractivity contribution >= 4 is 17.5 Å². The minimum atomic E-state index is -0.0613. The second kappa shape index (κ2) is 7.16. The minimum Gasteiger partial charge on any atom is -0.337 e. The number of hydrazone groups is 1. The van der Waals surface area contributed by atoms with Gasteiger partial charge in [-0.2, -0.15) is 5.10 Å². The van der Waals surface area contributed by atoms with Crippen LogP contribution in [0.2, 0.25) is 0 Å². The molecule has 5 heteroatoms. The average molecular weight is 327 g/mol. The van der Waals surface area contributed by atoms with Crippen LogP contribution >= 0.6 is 0 Å². The van der Waals surface area contributed by atoms with Crippen molar-refractivity contribution in [3.05, 3.63) is 35.9 Å². The normalized spacial score (nSPS) is 17.1. The molecule has 0 bridgehead atoms. The Bertz CT molecular complexity index is 633. The van der Waals surface area contributed by atoms with Gasteiger partial charge in [0.15, 0.2) is 0 Å². The molecule has 0 unspecified atom stereocenters. The van der Waals surface area contributed by atoms with Gasteiger partial charge in [-0.25, -0.2) is 5.01 Å². The first-order valence-electron chi connectivity index (χ1n) is 8.80. The number of hydrogen-bond acceptors (Lipinski definition) is 3. The van der Waals surface area contributed by atoms with Crippen LogP contribution in [-0.4, -0.2) is 46.1 Å². The molecule has 1 aromatic rings. The quantitative estimate of drug-likeness (QED) is 0.807. The van der Waals surface area contributed by atoms with E-state index >= 15 is 0 Å². The Balaban J connectivity index is 1.54. The van der Waals surface area contributed by atoms with Gasteiger partial charge in [0.2, 0.25) is 11.8 Å². The summed E-state index contributed by atoms with van der Waals surface area (Å²) in [5.74, 6) is 0.0288.